The normalized spacial score (nSPS) is 16.7. The van der Waals surface area contributed by atoms with Crippen LogP contribution < -0.4 is 4.74 Å². The maximum Gasteiger partial charge on any atom is 0.337 e. The quantitative estimate of drug-likeness (QED) is 0.284. The van der Waals surface area contributed by atoms with E-state index in [2.05, 4.69) is 25.5 Å². The Hall–Kier alpha value is -4.66. The molecule has 0 amide bonds. The fourth-order valence-corrected chi connectivity index (χ4v) is 4.97. The van der Waals surface area contributed by atoms with Crippen LogP contribution in [0.1, 0.15) is 39.7 Å². The molecule has 0 bridgehead atoms. The molecule has 0 spiro atoms. The number of ether oxygens (including phenoxy) is 3. The summed E-state index contributed by atoms with van der Waals surface area (Å²) in [6.07, 6.45) is 4.91. The number of nitriles is 1. The Balaban J connectivity index is 1.15. The van der Waals surface area contributed by atoms with Gasteiger partial charge in [-0.15, -0.1) is 0 Å². The number of nitrogens with zero attached hydrogens (tertiary/aromatic N) is 6. The van der Waals surface area contributed by atoms with Gasteiger partial charge in [0.1, 0.15) is 12.4 Å². The van der Waals surface area contributed by atoms with Crippen molar-refractivity contribution in [3.63, 3.8) is 0 Å². The summed E-state index contributed by atoms with van der Waals surface area (Å²) in [5.74, 6) is 0.373. The molecule has 1 saturated heterocycles. The number of benzene rings is 2. The van der Waals surface area contributed by atoms with Gasteiger partial charge >= 0.3 is 5.97 Å². The summed E-state index contributed by atoms with van der Waals surface area (Å²) in [5.41, 5.74) is 4.24. The lowest BCUT2D eigenvalue weighted by atomic mass is 10.1. The largest absolute Gasteiger partial charge is 0.483 e. The molecule has 0 saturated carbocycles. The van der Waals surface area contributed by atoms with Crippen LogP contribution in [-0.2, 0) is 29.2 Å². The van der Waals surface area contributed by atoms with Crippen LogP contribution in [0.5, 0.6) is 5.75 Å². The number of imidazole rings is 1. The van der Waals surface area contributed by atoms with E-state index in [4.69, 9.17) is 24.5 Å². The van der Waals surface area contributed by atoms with Gasteiger partial charge in [-0.2, -0.15) is 5.26 Å². The van der Waals surface area contributed by atoms with E-state index in [0.717, 1.165) is 53.8 Å². The minimum Gasteiger partial charge on any atom is -0.483 e. The van der Waals surface area contributed by atoms with Crippen molar-refractivity contribution in [2.75, 3.05) is 26.8 Å². The van der Waals surface area contributed by atoms with Crippen LogP contribution in [-0.4, -0.2) is 63.3 Å². The summed E-state index contributed by atoms with van der Waals surface area (Å²) >= 11 is 0. The maximum atomic E-state index is 14.2. The van der Waals surface area contributed by atoms with Crippen molar-refractivity contribution >= 4 is 22.6 Å². The average molecular weight is 555 g/mol. The summed E-state index contributed by atoms with van der Waals surface area (Å²) in [4.78, 5) is 28.2. The van der Waals surface area contributed by atoms with Crippen LogP contribution >= 0.6 is 0 Å². The molecular weight excluding hydrogens is 527 g/mol. The highest BCUT2D eigenvalue weighted by molar-refractivity contribution is 5.93. The molecule has 2 aliphatic heterocycles. The Bertz CT molecular complexity index is 1690. The first-order chi connectivity index (χ1) is 20.0. The predicted octanol–water partition coefficient (Wildman–Crippen LogP) is 3.89. The second-order valence-corrected chi connectivity index (χ2v) is 9.92. The van der Waals surface area contributed by atoms with Crippen LogP contribution in [0.4, 0.5) is 4.39 Å². The molecule has 0 aliphatic carbocycles. The van der Waals surface area contributed by atoms with Gasteiger partial charge < -0.3 is 18.8 Å². The van der Waals surface area contributed by atoms with Crippen molar-refractivity contribution in [1.29, 1.82) is 5.26 Å². The Morgan fingerprint density at radius 3 is 2.85 bits per heavy atom. The highest BCUT2D eigenvalue weighted by Crippen LogP contribution is 2.26. The second kappa shape index (κ2) is 11.4. The molecule has 208 valence electrons. The highest BCUT2D eigenvalue weighted by Gasteiger charge is 2.25. The molecule has 10 nitrogen and oxygen atoms in total. The van der Waals surface area contributed by atoms with E-state index >= 15 is 0 Å². The van der Waals surface area contributed by atoms with Gasteiger partial charge in [0.25, 0.3) is 0 Å². The van der Waals surface area contributed by atoms with Gasteiger partial charge in [0.15, 0.2) is 17.4 Å². The Kier molecular flexibility index (Phi) is 7.41. The Morgan fingerprint density at radius 1 is 1.22 bits per heavy atom. The zero-order valence-corrected chi connectivity index (χ0v) is 22.4. The molecule has 1 fully saturated rings. The molecule has 4 aromatic rings. The van der Waals surface area contributed by atoms with Crippen molar-refractivity contribution in [1.82, 2.24) is 24.4 Å². The van der Waals surface area contributed by atoms with E-state index in [-0.39, 0.29) is 30.0 Å². The molecule has 2 aromatic heterocycles. The van der Waals surface area contributed by atoms with Crippen LogP contribution in [0.3, 0.4) is 0 Å². The molecule has 41 heavy (non-hydrogen) atoms. The smallest absolute Gasteiger partial charge is 0.337 e. The van der Waals surface area contributed by atoms with Crippen molar-refractivity contribution in [2.45, 2.75) is 32.2 Å². The second-order valence-electron chi connectivity index (χ2n) is 9.92. The number of esters is 1. The lowest BCUT2D eigenvalue weighted by Gasteiger charge is -2.28. The number of rotatable bonds is 9. The Morgan fingerprint density at radius 2 is 2.10 bits per heavy atom. The van der Waals surface area contributed by atoms with Gasteiger partial charge in [0.2, 0.25) is 0 Å². The lowest BCUT2D eigenvalue weighted by Crippen LogP contribution is -2.32. The van der Waals surface area contributed by atoms with E-state index in [1.54, 1.807) is 12.3 Å². The molecule has 0 radical (unpaired) electrons. The summed E-state index contributed by atoms with van der Waals surface area (Å²) in [6, 6.07) is 13.2. The first kappa shape index (κ1) is 26.6. The first-order valence-corrected chi connectivity index (χ1v) is 13.3. The first-order valence-electron chi connectivity index (χ1n) is 13.3. The predicted molar refractivity (Wildman–Crippen MR) is 146 cm³/mol. The van der Waals surface area contributed by atoms with Gasteiger partial charge in [-0.3, -0.25) is 4.90 Å². The number of hydrogen-bond acceptors (Lipinski definition) is 9. The summed E-state index contributed by atoms with van der Waals surface area (Å²) in [7, 11) is 1.37. The fourth-order valence-electron chi connectivity index (χ4n) is 4.97. The zero-order valence-electron chi connectivity index (χ0n) is 22.4. The zero-order chi connectivity index (χ0) is 28.3. The number of carbonyl (C=O) groups excluding carboxylic acids is 1. The van der Waals surface area contributed by atoms with E-state index in [9.17, 15) is 9.18 Å². The standard InChI is InChI=1S/C30H27FN6O4/c1-39-30(38)20-3-4-25-26(13-20)37(16-22-8-11-40-22)29(35-25)17-36-10-7-21(15-36)24-6-9-33-28(34-24)18-41-27-5-2-19(14-32)12-23(27)31/h2-7,9,12-13,22H,8,10-11,15-18H2,1H3/t22-/m0/s1. The molecule has 2 aromatic carbocycles. The van der Waals surface area contributed by atoms with Crippen molar-refractivity contribution in [2.24, 2.45) is 0 Å². The maximum absolute atomic E-state index is 14.2. The number of methoxy groups -OCH3 is 1. The SMILES string of the molecule is COC(=O)c1ccc2nc(CN3CC=C(c4ccnc(COc5ccc(C#N)cc5F)n4)C3)n(C[C@@H]3CCO3)c2c1. The number of hydrogen-bond donors (Lipinski definition) is 0. The Labute approximate surface area is 235 Å². The summed E-state index contributed by atoms with van der Waals surface area (Å²) in [5, 5.41) is 8.92. The van der Waals surface area contributed by atoms with Crippen LogP contribution in [0.25, 0.3) is 16.6 Å². The summed E-state index contributed by atoms with van der Waals surface area (Å²) < 4.78 is 32.5. The van der Waals surface area contributed by atoms with Crippen molar-refractivity contribution in [3.8, 4) is 11.8 Å². The molecular formula is C30H27FN6O4. The summed E-state index contributed by atoms with van der Waals surface area (Å²) in [6.45, 7) is 3.41. The van der Waals surface area contributed by atoms with E-state index < -0.39 is 5.82 Å². The third-order valence-corrected chi connectivity index (χ3v) is 7.24. The van der Waals surface area contributed by atoms with Gasteiger partial charge in [-0.05, 0) is 54.5 Å². The third kappa shape index (κ3) is 5.66. The average Bonchev–Trinajstić information content (AvgIpc) is 3.58. The molecule has 0 unspecified atom stereocenters. The number of aromatic nitrogens is 4. The highest BCUT2D eigenvalue weighted by atomic mass is 19.1. The molecule has 6 rings (SSSR count). The van der Waals surface area contributed by atoms with Gasteiger partial charge in [-0.25, -0.2) is 24.1 Å². The molecule has 1 atom stereocenters. The van der Waals surface area contributed by atoms with Gasteiger partial charge in [0, 0.05) is 25.9 Å². The van der Waals surface area contributed by atoms with Crippen LogP contribution in [0.2, 0.25) is 0 Å². The molecule has 2 aliphatic rings. The van der Waals surface area contributed by atoms with Gasteiger partial charge in [0.05, 0.1) is 60.2 Å². The van der Waals surface area contributed by atoms with Crippen LogP contribution in [0, 0.1) is 17.1 Å². The van der Waals surface area contributed by atoms with E-state index in [0.29, 0.717) is 31.0 Å². The minimum absolute atomic E-state index is 0.00548. The number of carbonyl (C=O) groups is 1. The fraction of sp³-hybridized carbons (Fsp3) is 0.300. The number of halogens is 1. The van der Waals surface area contributed by atoms with Crippen molar-refractivity contribution < 1.29 is 23.4 Å². The minimum atomic E-state index is -0.606. The third-order valence-electron chi connectivity index (χ3n) is 7.24. The van der Waals surface area contributed by atoms with Gasteiger partial charge in [-0.1, -0.05) is 6.08 Å². The van der Waals surface area contributed by atoms with E-state index in [1.165, 1.54) is 19.2 Å². The molecule has 11 heteroatoms. The molecule has 0 N–H and O–H groups in total. The van der Waals surface area contributed by atoms with Crippen LogP contribution in [0.15, 0.2) is 54.7 Å². The number of fused-ring (bicyclic) bond motifs is 1. The molecule has 4 heterocycles. The van der Waals surface area contributed by atoms with E-state index in [1.807, 2.05) is 24.3 Å². The monoisotopic (exact) mass is 554 g/mol. The lowest BCUT2D eigenvalue weighted by molar-refractivity contribution is -0.0591. The van der Waals surface area contributed by atoms with Crippen molar-refractivity contribution in [3.05, 3.63) is 89.0 Å². The topological polar surface area (TPSA) is 115 Å².